The van der Waals surface area contributed by atoms with Gasteiger partial charge in [0.1, 0.15) is 5.82 Å². The van der Waals surface area contributed by atoms with Crippen molar-refractivity contribution in [2.75, 3.05) is 51.2 Å². The molecule has 7 nitrogen and oxygen atoms in total. The molecule has 3 heterocycles. The van der Waals surface area contributed by atoms with Crippen molar-refractivity contribution < 1.29 is 13.2 Å². The standard InChI is InChI=1S/C23H28N4O3S/c1-18(28)19-9-11-27(12-10-19)31(29,30)22-6-3-20(4-7-22)21-5-8-23(24-17-21)26-15-13-25(2)14-16-26/h3-9,17H,10-16H2,1-2H3. The minimum Gasteiger partial charge on any atom is -0.354 e. The molecule has 2 aromatic rings. The first-order chi connectivity index (χ1) is 14.8. The monoisotopic (exact) mass is 440 g/mol. The normalized spacial score (nSPS) is 18.6. The number of ketones is 1. The van der Waals surface area contributed by atoms with E-state index in [1.54, 1.807) is 18.2 Å². The smallest absolute Gasteiger partial charge is 0.243 e. The maximum Gasteiger partial charge on any atom is 0.243 e. The zero-order valence-electron chi connectivity index (χ0n) is 18.0. The van der Waals surface area contributed by atoms with Gasteiger partial charge in [0.25, 0.3) is 0 Å². The van der Waals surface area contributed by atoms with Gasteiger partial charge in [-0.25, -0.2) is 13.4 Å². The van der Waals surface area contributed by atoms with Crippen LogP contribution in [0.15, 0.2) is 59.1 Å². The van der Waals surface area contributed by atoms with Crippen LogP contribution in [0.3, 0.4) is 0 Å². The largest absolute Gasteiger partial charge is 0.354 e. The van der Waals surface area contributed by atoms with E-state index in [0.29, 0.717) is 18.5 Å². The lowest BCUT2D eigenvalue weighted by molar-refractivity contribution is -0.113. The fourth-order valence-corrected chi connectivity index (χ4v) is 5.32. The van der Waals surface area contributed by atoms with Crippen molar-refractivity contribution in [2.45, 2.75) is 18.2 Å². The van der Waals surface area contributed by atoms with Crippen LogP contribution in [0, 0.1) is 0 Å². The Morgan fingerprint density at radius 3 is 2.16 bits per heavy atom. The van der Waals surface area contributed by atoms with Gasteiger partial charge in [-0.05, 0) is 55.8 Å². The highest BCUT2D eigenvalue weighted by molar-refractivity contribution is 7.89. The molecule has 0 atom stereocenters. The molecule has 31 heavy (non-hydrogen) atoms. The molecule has 1 fully saturated rings. The van der Waals surface area contributed by atoms with Gasteiger partial charge in [-0.1, -0.05) is 18.2 Å². The van der Waals surface area contributed by atoms with Crippen molar-refractivity contribution >= 4 is 21.6 Å². The molecule has 8 heteroatoms. The molecular weight excluding hydrogens is 412 g/mol. The van der Waals surface area contributed by atoms with Gasteiger partial charge < -0.3 is 9.80 Å². The van der Waals surface area contributed by atoms with Crippen LogP contribution in [0.2, 0.25) is 0 Å². The van der Waals surface area contributed by atoms with Crippen LogP contribution in [0.4, 0.5) is 5.82 Å². The second-order valence-corrected chi connectivity index (χ2v) is 10.1. The summed E-state index contributed by atoms with van der Waals surface area (Å²) in [6.07, 6.45) is 4.01. The SMILES string of the molecule is CC(=O)C1=CCN(S(=O)(=O)c2ccc(-c3ccc(N4CCN(C)CC4)nc3)cc2)CC1. The summed E-state index contributed by atoms with van der Waals surface area (Å²) in [4.78, 5) is 20.9. The predicted octanol–water partition coefficient (Wildman–Crippen LogP) is 2.41. The molecule has 1 saturated heterocycles. The average Bonchev–Trinajstić information content (AvgIpc) is 2.80. The lowest BCUT2D eigenvalue weighted by atomic mass is 10.1. The van der Waals surface area contributed by atoms with E-state index in [-0.39, 0.29) is 17.2 Å². The Bertz CT molecular complexity index is 1070. The topological polar surface area (TPSA) is 73.8 Å². The van der Waals surface area contributed by atoms with E-state index in [4.69, 9.17) is 0 Å². The number of aromatic nitrogens is 1. The summed E-state index contributed by atoms with van der Waals surface area (Å²) < 4.78 is 27.3. The maximum atomic E-state index is 12.9. The number of pyridine rings is 1. The summed E-state index contributed by atoms with van der Waals surface area (Å²) in [5.74, 6) is 0.979. The first-order valence-corrected chi connectivity index (χ1v) is 12.0. The Hall–Kier alpha value is -2.55. The lowest BCUT2D eigenvalue weighted by Crippen LogP contribution is -2.44. The number of nitrogens with zero attached hydrogens (tertiary/aromatic N) is 4. The number of carbonyl (C=O) groups excluding carboxylic acids is 1. The van der Waals surface area contributed by atoms with Crippen molar-refractivity contribution in [2.24, 2.45) is 0 Å². The van der Waals surface area contributed by atoms with Gasteiger partial charge in [-0.3, -0.25) is 4.79 Å². The average molecular weight is 441 g/mol. The molecule has 4 rings (SSSR count). The number of carbonyl (C=O) groups is 1. The lowest BCUT2D eigenvalue weighted by Gasteiger charge is -2.33. The number of anilines is 1. The van der Waals surface area contributed by atoms with Crippen LogP contribution >= 0.6 is 0 Å². The minimum atomic E-state index is -3.58. The van der Waals surface area contributed by atoms with E-state index < -0.39 is 10.0 Å². The highest BCUT2D eigenvalue weighted by Gasteiger charge is 2.27. The van der Waals surface area contributed by atoms with E-state index in [9.17, 15) is 13.2 Å². The molecule has 0 aliphatic carbocycles. The molecule has 0 saturated carbocycles. The van der Waals surface area contributed by atoms with E-state index >= 15 is 0 Å². The molecule has 2 aliphatic heterocycles. The fourth-order valence-electron chi connectivity index (χ4n) is 3.94. The van der Waals surface area contributed by atoms with Gasteiger partial charge in [0.2, 0.25) is 10.0 Å². The zero-order chi connectivity index (χ0) is 22.0. The maximum absolute atomic E-state index is 12.9. The number of likely N-dealkylation sites (N-methyl/N-ethyl adjacent to an activating group) is 1. The first kappa shape index (κ1) is 21.7. The third-order valence-electron chi connectivity index (χ3n) is 6.02. The fraction of sp³-hybridized carbons (Fsp3) is 0.391. The molecule has 164 valence electrons. The van der Waals surface area contributed by atoms with E-state index in [0.717, 1.165) is 43.1 Å². The molecule has 0 unspecified atom stereocenters. The molecule has 0 radical (unpaired) electrons. The quantitative estimate of drug-likeness (QED) is 0.711. The van der Waals surface area contributed by atoms with Gasteiger partial charge in [-0.15, -0.1) is 0 Å². The zero-order valence-corrected chi connectivity index (χ0v) is 18.8. The van der Waals surface area contributed by atoms with Crippen LogP contribution in [0.5, 0.6) is 0 Å². The summed E-state index contributed by atoms with van der Waals surface area (Å²) in [7, 11) is -1.46. The van der Waals surface area contributed by atoms with Crippen LogP contribution in [-0.4, -0.2) is 74.7 Å². The van der Waals surface area contributed by atoms with Gasteiger partial charge in [-0.2, -0.15) is 4.31 Å². The Balaban J connectivity index is 1.46. The highest BCUT2D eigenvalue weighted by atomic mass is 32.2. The number of rotatable bonds is 5. The minimum absolute atomic E-state index is 0.00801. The van der Waals surface area contributed by atoms with E-state index in [1.807, 2.05) is 30.5 Å². The van der Waals surface area contributed by atoms with Gasteiger partial charge >= 0.3 is 0 Å². The number of Topliss-reactive ketones (excluding diaryl/α,β-unsaturated/α-hetero) is 1. The van der Waals surface area contributed by atoms with Crippen molar-refractivity contribution in [1.29, 1.82) is 0 Å². The summed E-state index contributed by atoms with van der Waals surface area (Å²) >= 11 is 0. The van der Waals surface area contributed by atoms with Crippen molar-refractivity contribution in [1.82, 2.24) is 14.2 Å². The van der Waals surface area contributed by atoms with E-state index in [2.05, 4.69) is 21.8 Å². The van der Waals surface area contributed by atoms with Crippen LogP contribution in [-0.2, 0) is 14.8 Å². The first-order valence-electron chi connectivity index (χ1n) is 10.5. The van der Waals surface area contributed by atoms with Gasteiger partial charge in [0.15, 0.2) is 5.78 Å². The molecule has 1 aromatic carbocycles. The molecule has 0 N–H and O–H groups in total. The Morgan fingerprint density at radius 2 is 1.61 bits per heavy atom. The number of hydrogen-bond donors (Lipinski definition) is 0. The predicted molar refractivity (Wildman–Crippen MR) is 122 cm³/mol. The Kier molecular flexibility index (Phi) is 6.22. The van der Waals surface area contributed by atoms with Crippen molar-refractivity contribution in [3.8, 4) is 11.1 Å². The molecule has 0 amide bonds. The summed E-state index contributed by atoms with van der Waals surface area (Å²) in [6, 6.07) is 11.0. The summed E-state index contributed by atoms with van der Waals surface area (Å²) in [6.45, 7) is 6.07. The third-order valence-corrected chi connectivity index (χ3v) is 7.90. The molecule has 0 spiro atoms. The second-order valence-electron chi connectivity index (χ2n) is 8.12. The van der Waals surface area contributed by atoms with Gasteiger partial charge in [0, 0.05) is 51.0 Å². The van der Waals surface area contributed by atoms with Crippen LogP contribution in [0.25, 0.3) is 11.1 Å². The summed E-state index contributed by atoms with van der Waals surface area (Å²) in [5.41, 5.74) is 2.58. The van der Waals surface area contributed by atoms with Crippen LogP contribution in [0.1, 0.15) is 13.3 Å². The second kappa shape index (κ2) is 8.90. The van der Waals surface area contributed by atoms with E-state index in [1.165, 1.54) is 11.2 Å². The Morgan fingerprint density at radius 1 is 0.935 bits per heavy atom. The third kappa shape index (κ3) is 4.71. The van der Waals surface area contributed by atoms with Crippen molar-refractivity contribution in [3.63, 3.8) is 0 Å². The molecule has 1 aromatic heterocycles. The number of sulfonamides is 1. The molecular formula is C23H28N4O3S. The van der Waals surface area contributed by atoms with Crippen LogP contribution < -0.4 is 4.90 Å². The Labute approximate surface area is 184 Å². The number of benzene rings is 1. The molecule has 2 aliphatic rings. The number of piperazine rings is 1. The molecule has 0 bridgehead atoms. The summed E-state index contributed by atoms with van der Waals surface area (Å²) in [5, 5.41) is 0. The highest BCUT2D eigenvalue weighted by Crippen LogP contribution is 2.26. The van der Waals surface area contributed by atoms with Gasteiger partial charge in [0.05, 0.1) is 4.90 Å². The number of hydrogen-bond acceptors (Lipinski definition) is 6. The van der Waals surface area contributed by atoms with Crippen molar-refractivity contribution in [3.05, 3.63) is 54.2 Å².